The van der Waals surface area contributed by atoms with Crippen LogP contribution in [0.5, 0.6) is 5.75 Å². The zero-order valence-corrected chi connectivity index (χ0v) is 23.9. The lowest BCUT2D eigenvalue weighted by atomic mass is 9.47. The summed E-state index contributed by atoms with van der Waals surface area (Å²) in [4.78, 5) is 11.4. The monoisotopic (exact) mass is 584 g/mol. The van der Waals surface area contributed by atoms with Crippen LogP contribution in [0.4, 0.5) is 24.9 Å². The van der Waals surface area contributed by atoms with Crippen LogP contribution in [0, 0.1) is 34.5 Å². The molecule has 0 saturated heterocycles. The van der Waals surface area contributed by atoms with Crippen LogP contribution >= 0.6 is 0 Å². The minimum Gasteiger partial charge on any atom is -0.405 e. The number of nitriles is 1. The number of ether oxygens (including phenoxy) is 1. The summed E-state index contributed by atoms with van der Waals surface area (Å²) in [7, 11) is 2.31. The molecule has 0 aliphatic heterocycles. The number of anilines is 2. The first-order valence-corrected chi connectivity index (χ1v) is 15.1. The Hall–Kier alpha value is -3.10. The van der Waals surface area contributed by atoms with Crippen LogP contribution in [0.1, 0.15) is 68.9 Å². The fourth-order valence-corrected chi connectivity index (χ4v) is 8.76. The minimum atomic E-state index is -4.79. The van der Waals surface area contributed by atoms with Crippen molar-refractivity contribution in [3.63, 3.8) is 0 Å². The Kier molecular flexibility index (Phi) is 7.96. The molecular weight excluding hydrogens is 545 g/mol. The van der Waals surface area contributed by atoms with Crippen LogP contribution in [-0.2, 0) is 6.54 Å². The first kappa shape index (κ1) is 29.0. The molecule has 8 nitrogen and oxygen atoms in total. The Morgan fingerprint density at radius 2 is 1.81 bits per heavy atom. The molecule has 3 N–H and O–H groups in total. The van der Waals surface area contributed by atoms with Gasteiger partial charge in [-0.1, -0.05) is 18.2 Å². The van der Waals surface area contributed by atoms with Crippen LogP contribution in [0.15, 0.2) is 30.5 Å². The highest BCUT2D eigenvalue weighted by Gasteiger charge is 2.56. The number of para-hydroxylation sites is 1. The molecule has 7 rings (SSSR count). The van der Waals surface area contributed by atoms with Gasteiger partial charge in [0.25, 0.3) is 0 Å². The molecule has 0 radical (unpaired) electrons. The zero-order valence-electron chi connectivity index (χ0n) is 23.9. The van der Waals surface area contributed by atoms with Gasteiger partial charge in [-0.05, 0) is 94.1 Å². The van der Waals surface area contributed by atoms with Gasteiger partial charge in [0, 0.05) is 30.7 Å². The van der Waals surface area contributed by atoms with E-state index >= 15 is 0 Å². The average molecular weight is 585 g/mol. The normalized spacial score (nSPS) is 32.0. The lowest BCUT2D eigenvalue weighted by Gasteiger charge is -2.62. The number of hydrogen-bond acceptors (Lipinski definition) is 8. The molecule has 5 aliphatic rings. The summed E-state index contributed by atoms with van der Waals surface area (Å²) in [6, 6.07) is 9.26. The zero-order chi connectivity index (χ0) is 29.5. The number of aromatic nitrogens is 2. The molecule has 5 aliphatic carbocycles. The van der Waals surface area contributed by atoms with Crippen molar-refractivity contribution in [3.05, 3.63) is 41.6 Å². The van der Waals surface area contributed by atoms with Crippen molar-refractivity contribution in [2.75, 3.05) is 24.2 Å². The van der Waals surface area contributed by atoms with Crippen LogP contribution in [-0.4, -0.2) is 58.1 Å². The van der Waals surface area contributed by atoms with Crippen LogP contribution in [0.2, 0.25) is 0 Å². The second kappa shape index (κ2) is 11.5. The second-order valence-electron chi connectivity index (χ2n) is 13.0. The molecule has 1 aromatic heterocycles. The number of alkyl halides is 3. The number of aliphatic hydroxyl groups is 1. The first-order chi connectivity index (χ1) is 20.1. The number of aliphatic hydroxyl groups excluding tert-OH is 1. The summed E-state index contributed by atoms with van der Waals surface area (Å²) < 4.78 is 42.6. The molecule has 0 amide bonds. The van der Waals surface area contributed by atoms with Gasteiger partial charge in [0.1, 0.15) is 23.2 Å². The molecule has 5 fully saturated rings. The largest absolute Gasteiger partial charge is 0.573 e. The Bertz CT molecular complexity index is 1290. The van der Waals surface area contributed by atoms with Gasteiger partial charge in [-0.25, -0.2) is 4.98 Å². The van der Waals surface area contributed by atoms with E-state index in [4.69, 9.17) is 0 Å². The molecule has 1 aromatic carbocycles. The van der Waals surface area contributed by atoms with Gasteiger partial charge in [-0.2, -0.15) is 10.2 Å². The number of rotatable bonds is 9. The standard InChI is InChI=1S/C31H39F3N6O2/c1-40(24-6-8-25(41)9-7-24)27-21-10-19-11-22(27)14-30(12-19,13-21)18-38-28-23(15-35)17-37-29(39-28)36-16-20-4-2-3-5-26(20)42-31(32,33)34/h2-5,17,19,21-22,24-25,27,41H,6-14,16,18H2,1H3,(H2,36,37,38,39)/t19?,21-,22+,24?,25?,27?,30?. The molecule has 42 heavy (non-hydrogen) atoms. The molecule has 11 heteroatoms. The summed E-state index contributed by atoms with van der Waals surface area (Å²) in [6.07, 6.45) is 6.54. The van der Waals surface area contributed by atoms with E-state index in [0.29, 0.717) is 40.9 Å². The number of hydrogen-bond donors (Lipinski definition) is 3. The summed E-state index contributed by atoms with van der Waals surface area (Å²) in [5.41, 5.74) is 0.813. The summed E-state index contributed by atoms with van der Waals surface area (Å²) in [6.45, 7) is 0.761. The molecule has 226 valence electrons. The van der Waals surface area contributed by atoms with E-state index in [1.165, 1.54) is 37.6 Å². The van der Waals surface area contributed by atoms with E-state index in [1.807, 2.05) is 0 Å². The third kappa shape index (κ3) is 6.16. The quantitative estimate of drug-likeness (QED) is 0.345. The maximum atomic E-state index is 12.8. The lowest BCUT2D eigenvalue weighted by Crippen LogP contribution is -2.61. The van der Waals surface area contributed by atoms with Gasteiger partial charge < -0.3 is 20.5 Å². The topological polar surface area (TPSA) is 106 Å². The Balaban J connectivity index is 1.11. The van der Waals surface area contributed by atoms with Gasteiger partial charge in [0.2, 0.25) is 5.95 Å². The van der Waals surface area contributed by atoms with Crippen molar-refractivity contribution < 1.29 is 23.0 Å². The van der Waals surface area contributed by atoms with E-state index in [2.05, 4.69) is 43.4 Å². The highest BCUT2D eigenvalue weighted by molar-refractivity contribution is 5.53. The average Bonchev–Trinajstić information content (AvgIpc) is 2.94. The van der Waals surface area contributed by atoms with E-state index in [1.54, 1.807) is 12.1 Å². The van der Waals surface area contributed by atoms with E-state index in [9.17, 15) is 23.5 Å². The molecule has 4 bridgehead atoms. The fraction of sp³-hybridized carbons (Fsp3) is 0.645. The SMILES string of the molecule is CN(C1CCC(O)CC1)C1[C@@H]2CC3C[C@H]1CC(CNc1nc(NCc4ccccc4OC(F)(F)F)ncc1C#N)(C3)C2. The van der Waals surface area contributed by atoms with Gasteiger partial charge in [-0.15, -0.1) is 13.2 Å². The Labute approximate surface area is 244 Å². The highest BCUT2D eigenvalue weighted by Crippen LogP contribution is 2.61. The van der Waals surface area contributed by atoms with E-state index < -0.39 is 6.36 Å². The van der Waals surface area contributed by atoms with Crippen molar-refractivity contribution in [2.45, 2.75) is 88.9 Å². The molecule has 5 saturated carbocycles. The number of benzene rings is 1. The van der Waals surface area contributed by atoms with Gasteiger partial charge in [0.05, 0.1) is 12.3 Å². The van der Waals surface area contributed by atoms with E-state index in [0.717, 1.165) is 51.0 Å². The van der Waals surface area contributed by atoms with Crippen molar-refractivity contribution in [3.8, 4) is 11.8 Å². The van der Waals surface area contributed by atoms with Crippen LogP contribution < -0.4 is 15.4 Å². The maximum Gasteiger partial charge on any atom is 0.573 e. The van der Waals surface area contributed by atoms with Gasteiger partial charge in [-0.3, -0.25) is 4.90 Å². The molecule has 1 heterocycles. The minimum absolute atomic E-state index is 0.0292. The Morgan fingerprint density at radius 1 is 1.10 bits per heavy atom. The Morgan fingerprint density at radius 3 is 2.50 bits per heavy atom. The van der Waals surface area contributed by atoms with Crippen LogP contribution in [0.25, 0.3) is 0 Å². The number of nitrogens with zero attached hydrogens (tertiary/aromatic N) is 4. The van der Waals surface area contributed by atoms with Crippen molar-refractivity contribution in [1.82, 2.24) is 14.9 Å². The molecule has 3 unspecified atom stereocenters. The van der Waals surface area contributed by atoms with Gasteiger partial charge >= 0.3 is 6.36 Å². The first-order valence-electron chi connectivity index (χ1n) is 15.1. The molecule has 0 spiro atoms. The van der Waals surface area contributed by atoms with Crippen molar-refractivity contribution >= 4 is 11.8 Å². The molecular formula is C31H39F3N6O2. The smallest absolute Gasteiger partial charge is 0.405 e. The summed E-state index contributed by atoms with van der Waals surface area (Å²) in [5, 5.41) is 26.2. The van der Waals surface area contributed by atoms with Gasteiger partial charge in [0.15, 0.2) is 0 Å². The number of nitrogens with one attached hydrogen (secondary N) is 2. The second-order valence-corrected chi connectivity index (χ2v) is 13.0. The predicted octanol–water partition coefficient (Wildman–Crippen LogP) is 5.70. The third-order valence-electron chi connectivity index (χ3n) is 10.2. The molecule has 2 aromatic rings. The molecule has 5 atom stereocenters. The van der Waals surface area contributed by atoms with Crippen molar-refractivity contribution in [2.24, 2.45) is 23.2 Å². The van der Waals surface area contributed by atoms with E-state index in [-0.39, 0.29) is 29.8 Å². The highest BCUT2D eigenvalue weighted by atomic mass is 19.4. The number of halogens is 3. The summed E-state index contributed by atoms with van der Waals surface area (Å²) >= 11 is 0. The third-order valence-corrected chi connectivity index (χ3v) is 10.2. The predicted molar refractivity (Wildman–Crippen MR) is 151 cm³/mol. The van der Waals surface area contributed by atoms with Crippen LogP contribution in [0.3, 0.4) is 0 Å². The maximum absolute atomic E-state index is 12.8. The lowest BCUT2D eigenvalue weighted by molar-refractivity contribution is -0.274. The summed E-state index contributed by atoms with van der Waals surface area (Å²) in [5.74, 6) is 2.44. The van der Waals surface area contributed by atoms with Crippen molar-refractivity contribution in [1.29, 1.82) is 5.26 Å². The fourth-order valence-electron chi connectivity index (χ4n) is 8.76.